The Labute approximate surface area is 35.7 Å². The third-order valence-corrected chi connectivity index (χ3v) is 1.50. The lowest BCUT2D eigenvalue weighted by molar-refractivity contribution is 1.10. The first kappa shape index (κ1) is 5.43. The third kappa shape index (κ3) is 4.43. The van der Waals surface area contributed by atoms with Crippen LogP contribution in [0.5, 0.6) is 0 Å². The molecule has 0 saturated heterocycles. The molecule has 1 unspecified atom stereocenters. The van der Waals surface area contributed by atoms with Gasteiger partial charge < -0.3 is 0 Å². The fourth-order valence-electron chi connectivity index (χ4n) is 0.250. The lowest BCUT2D eigenvalue weighted by Crippen LogP contribution is -1.61. The second-order valence-electron chi connectivity index (χ2n) is 1.10. The molecule has 0 aliphatic carbocycles. The van der Waals surface area contributed by atoms with E-state index in [4.69, 9.17) is 0 Å². The summed E-state index contributed by atoms with van der Waals surface area (Å²) in [5.41, 5.74) is 0. The van der Waals surface area contributed by atoms with Crippen molar-refractivity contribution in [3.63, 3.8) is 0 Å². The van der Waals surface area contributed by atoms with Gasteiger partial charge in [0.1, 0.15) is 0 Å². The Kier molecular flexibility index (Phi) is 4.81. The molecule has 0 heterocycles. The maximum absolute atomic E-state index is 2.24. The summed E-state index contributed by atoms with van der Waals surface area (Å²) in [5, 5.41) is 0. The number of hydrogen-bond donors (Lipinski definition) is 0. The zero-order valence-electron chi connectivity index (χ0n) is 3.91. The fraction of sp³-hybridized carbons (Fsp3) is 1.00. The average Bonchev–Trinajstić information content (AvgIpc) is 1.41. The molecule has 0 aromatic rings. The van der Waals surface area contributed by atoms with Gasteiger partial charge in [0.25, 0.3) is 0 Å². The van der Waals surface area contributed by atoms with Crippen LogP contribution in [0, 0.1) is 0 Å². The van der Waals surface area contributed by atoms with E-state index in [0.717, 1.165) is 8.58 Å². The van der Waals surface area contributed by atoms with Crippen molar-refractivity contribution in [2.75, 3.05) is 12.8 Å². The van der Waals surface area contributed by atoms with Crippen LogP contribution >= 0.6 is 8.58 Å². The largest absolute Gasteiger partial charge is 0.125 e. The monoisotopic (exact) mass is 90.1 g/mol. The van der Waals surface area contributed by atoms with Gasteiger partial charge in [-0.15, -0.1) is 8.58 Å². The molecule has 0 nitrogen and oxygen atoms in total. The first-order valence-corrected chi connectivity index (χ1v) is 3.77. The molecule has 32 valence electrons. The molecule has 0 aliphatic heterocycles. The molecule has 0 fully saturated rings. The van der Waals surface area contributed by atoms with Crippen LogP contribution in [0.3, 0.4) is 0 Å². The highest BCUT2D eigenvalue weighted by atomic mass is 31.1. The molecular weight excluding hydrogens is 79.0 g/mol. The van der Waals surface area contributed by atoms with Gasteiger partial charge in [0.2, 0.25) is 0 Å². The summed E-state index contributed by atoms with van der Waals surface area (Å²) in [5.74, 6) is 0. The molecular formula is C4H11P. The lowest BCUT2D eigenvalue weighted by Gasteiger charge is -1.80. The molecule has 0 N–H and O–H groups in total. The predicted molar refractivity (Wildman–Crippen MR) is 29.4 cm³/mol. The Morgan fingerprint density at radius 1 is 1.60 bits per heavy atom. The van der Waals surface area contributed by atoms with Crippen molar-refractivity contribution in [2.45, 2.75) is 13.3 Å². The molecule has 1 heteroatoms. The number of rotatable bonds is 2. The van der Waals surface area contributed by atoms with E-state index in [1.54, 1.807) is 0 Å². The second kappa shape index (κ2) is 4.43. The molecule has 0 aliphatic rings. The van der Waals surface area contributed by atoms with Gasteiger partial charge in [0.15, 0.2) is 0 Å². The van der Waals surface area contributed by atoms with Crippen LogP contribution in [-0.4, -0.2) is 12.8 Å². The van der Waals surface area contributed by atoms with Crippen LogP contribution in [-0.2, 0) is 0 Å². The Balaban J connectivity index is 2.19. The van der Waals surface area contributed by atoms with E-state index in [1.807, 2.05) is 0 Å². The Bertz CT molecular complexity index is 11.1. The van der Waals surface area contributed by atoms with E-state index in [2.05, 4.69) is 13.6 Å². The topological polar surface area (TPSA) is 0 Å². The lowest BCUT2D eigenvalue weighted by atomic mass is 10.6. The normalized spacial score (nSPS) is 10.8. The van der Waals surface area contributed by atoms with Gasteiger partial charge >= 0.3 is 0 Å². The van der Waals surface area contributed by atoms with Gasteiger partial charge in [-0.1, -0.05) is 13.3 Å². The molecule has 0 amide bonds. The van der Waals surface area contributed by atoms with Crippen molar-refractivity contribution in [1.29, 1.82) is 0 Å². The standard InChI is InChI=1S/C4H11P/c1-3-4-5-2/h5H,3-4H2,1-2H3. The predicted octanol–water partition coefficient (Wildman–Crippen LogP) is 1.70. The van der Waals surface area contributed by atoms with E-state index in [9.17, 15) is 0 Å². The molecule has 1 atom stereocenters. The van der Waals surface area contributed by atoms with E-state index in [-0.39, 0.29) is 0 Å². The minimum absolute atomic E-state index is 1.16. The SMILES string of the molecule is CCCPC. The quantitative estimate of drug-likeness (QED) is 0.453. The van der Waals surface area contributed by atoms with Crippen molar-refractivity contribution < 1.29 is 0 Å². The van der Waals surface area contributed by atoms with E-state index >= 15 is 0 Å². The summed E-state index contributed by atoms with van der Waals surface area (Å²) in [7, 11) is 1.16. The highest BCUT2D eigenvalue weighted by Gasteiger charge is 1.67. The maximum Gasteiger partial charge on any atom is -0.0359 e. The van der Waals surface area contributed by atoms with Crippen LogP contribution in [0.4, 0.5) is 0 Å². The van der Waals surface area contributed by atoms with Gasteiger partial charge in [0, 0.05) is 0 Å². The molecule has 5 heavy (non-hydrogen) atoms. The fourth-order valence-corrected chi connectivity index (χ4v) is 0.750. The van der Waals surface area contributed by atoms with Gasteiger partial charge in [-0.05, 0) is 12.8 Å². The zero-order valence-corrected chi connectivity index (χ0v) is 4.91. The summed E-state index contributed by atoms with van der Waals surface area (Å²) in [4.78, 5) is 0. The Morgan fingerprint density at radius 2 is 2.20 bits per heavy atom. The maximum atomic E-state index is 2.24. The van der Waals surface area contributed by atoms with Crippen molar-refractivity contribution in [1.82, 2.24) is 0 Å². The van der Waals surface area contributed by atoms with Crippen molar-refractivity contribution >= 4 is 8.58 Å². The Hall–Kier alpha value is 0.430. The first-order chi connectivity index (χ1) is 2.41. The van der Waals surface area contributed by atoms with E-state index in [0.29, 0.717) is 0 Å². The second-order valence-corrected chi connectivity index (χ2v) is 2.31. The molecule has 0 aromatic heterocycles. The first-order valence-electron chi connectivity index (χ1n) is 2.06. The minimum atomic E-state index is 1.16. The summed E-state index contributed by atoms with van der Waals surface area (Å²) in [6.07, 6.45) is 2.77. The smallest absolute Gasteiger partial charge is 0.0359 e. The molecule has 0 radical (unpaired) electrons. The molecule has 0 rings (SSSR count). The average molecular weight is 90.1 g/mol. The number of hydrogen-bond acceptors (Lipinski definition) is 0. The van der Waals surface area contributed by atoms with Gasteiger partial charge in [-0.2, -0.15) is 0 Å². The summed E-state index contributed by atoms with van der Waals surface area (Å²) in [6, 6.07) is 0. The van der Waals surface area contributed by atoms with Gasteiger partial charge in [0.05, 0.1) is 0 Å². The van der Waals surface area contributed by atoms with Crippen molar-refractivity contribution in [2.24, 2.45) is 0 Å². The van der Waals surface area contributed by atoms with Crippen LogP contribution in [0.15, 0.2) is 0 Å². The molecule has 0 bridgehead atoms. The molecule has 0 saturated carbocycles. The van der Waals surface area contributed by atoms with Crippen LogP contribution in [0.25, 0.3) is 0 Å². The zero-order chi connectivity index (χ0) is 4.12. The van der Waals surface area contributed by atoms with E-state index < -0.39 is 0 Å². The van der Waals surface area contributed by atoms with Crippen LogP contribution in [0.1, 0.15) is 13.3 Å². The van der Waals surface area contributed by atoms with Crippen molar-refractivity contribution in [3.05, 3.63) is 0 Å². The summed E-state index contributed by atoms with van der Waals surface area (Å²) >= 11 is 0. The third-order valence-electron chi connectivity index (χ3n) is 0.500. The Morgan fingerprint density at radius 3 is 2.20 bits per heavy atom. The van der Waals surface area contributed by atoms with Gasteiger partial charge in [-0.25, -0.2) is 0 Å². The highest BCUT2D eigenvalue weighted by Crippen LogP contribution is 2.01. The van der Waals surface area contributed by atoms with E-state index in [1.165, 1.54) is 12.6 Å². The molecule has 0 aromatic carbocycles. The highest BCUT2D eigenvalue weighted by molar-refractivity contribution is 7.36. The van der Waals surface area contributed by atoms with Crippen LogP contribution < -0.4 is 0 Å². The van der Waals surface area contributed by atoms with Crippen molar-refractivity contribution in [3.8, 4) is 0 Å². The van der Waals surface area contributed by atoms with Crippen LogP contribution in [0.2, 0.25) is 0 Å². The summed E-state index contributed by atoms with van der Waals surface area (Å²) < 4.78 is 0. The van der Waals surface area contributed by atoms with Gasteiger partial charge in [-0.3, -0.25) is 0 Å². The summed E-state index contributed by atoms with van der Waals surface area (Å²) in [6.45, 7) is 4.46. The molecule has 0 spiro atoms. The minimum Gasteiger partial charge on any atom is -0.125 e.